The normalized spacial score (nSPS) is 14.0. The molecule has 1 aromatic rings. The number of nitrogens with one attached hydrogen (secondary N) is 2. The lowest BCUT2D eigenvalue weighted by Gasteiger charge is -1.93. The van der Waals surface area contributed by atoms with E-state index in [1.807, 2.05) is 12.1 Å². The maximum atomic E-state index is 3.08. The van der Waals surface area contributed by atoms with E-state index in [0.717, 1.165) is 11.9 Å². The number of para-hydroxylation sites is 1. The molecule has 1 aromatic carbocycles. The molecule has 0 saturated heterocycles. The highest BCUT2D eigenvalue weighted by Gasteiger charge is 1.94. The van der Waals surface area contributed by atoms with Crippen molar-refractivity contribution in [3.63, 3.8) is 0 Å². The van der Waals surface area contributed by atoms with Gasteiger partial charge in [0.2, 0.25) is 5.36 Å². The molecular formula is C8H9N2+. The van der Waals surface area contributed by atoms with Crippen LogP contribution in [-0.2, 0) is 0 Å². The smallest absolute Gasteiger partial charge is 0.196 e. The first-order valence-electron chi connectivity index (χ1n) is 3.38. The van der Waals surface area contributed by atoms with Crippen LogP contribution in [0, 0.1) is 0 Å². The van der Waals surface area contributed by atoms with Crippen molar-refractivity contribution in [3.05, 3.63) is 34.8 Å². The van der Waals surface area contributed by atoms with Gasteiger partial charge in [-0.15, -0.1) is 5.10 Å². The zero-order valence-electron chi connectivity index (χ0n) is 5.59. The third-order valence-electron chi connectivity index (χ3n) is 1.61. The van der Waals surface area contributed by atoms with Crippen LogP contribution in [-0.4, -0.2) is 6.54 Å². The zero-order chi connectivity index (χ0) is 6.81. The Hall–Kier alpha value is -1.31. The summed E-state index contributed by atoms with van der Waals surface area (Å²) in [6, 6.07) is 8.22. The van der Waals surface area contributed by atoms with Crippen molar-refractivity contribution < 1.29 is 5.10 Å². The summed E-state index contributed by atoms with van der Waals surface area (Å²) in [7, 11) is 0. The summed E-state index contributed by atoms with van der Waals surface area (Å²) in [4.78, 5) is 0. The Labute approximate surface area is 58.9 Å². The minimum absolute atomic E-state index is 0.900. The highest BCUT2D eigenvalue weighted by atomic mass is 15.3. The van der Waals surface area contributed by atoms with Gasteiger partial charge in [0, 0.05) is 11.3 Å². The Morgan fingerprint density at radius 2 is 2.20 bits per heavy atom. The third-order valence-corrected chi connectivity index (χ3v) is 1.61. The molecule has 10 heavy (non-hydrogen) atoms. The number of fused-ring (bicyclic) bond motifs is 1. The van der Waals surface area contributed by atoms with Crippen LogP contribution in [0.3, 0.4) is 0 Å². The first kappa shape index (κ1) is 5.47. The van der Waals surface area contributed by atoms with Gasteiger partial charge in [0.15, 0.2) is 0 Å². The average molecular weight is 133 g/mol. The second kappa shape index (κ2) is 2.14. The molecule has 1 heterocycles. The quantitative estimate of drug-likeness (QED) is 0.408. The lowest BCUT2D eigenvalue weighted by Crippen LogP contribution is -2.89. The fraction of sp³-hybridized carbons (Fsp3) is 0.125. The predicted molar refractivity (Wildman–Crippen MR) is 38.2 cm³/mol. The number of hydrogen-bond acceptors (Lipinski definition) is 1. The zero-order valence-corrected chi connectivity index (χ0v) is 5.59. The SMILES string of the molecule is C1=c2ccccc2=[NH+]NC1. The Morgan fingerprint density at radius 3 is 3.10 bits per heavy atom. The molecule has 0 bridgehead atoms. The molecule has 0 saturated carbocycles. The molecular weight excluding hydrogens is 124 g/mol. The minimum atomic E-state index is 0.900. The summed E-state index contributed by atoms with van der Waals surface area (Å²) < 4.78 is 0. The summed E-state index contributed by atoms with van der Waals surface area (Å²) in [5, 5.41) is 5.52. The van der Waals surface area contributed by atoms with Crippen molar-refractivity contribution in [2.24, 2.45) is 0 Å². The molecule has 1 aliphatic heterocycles. The van der Waals surface area contributed by atoms with Crippen LogP contribution in [0.15, 0.2) is 24.3 Å². The molecule has 0 aliphatic carbocycles. The van der Waals surface area contributed by atoms with Gasteiger partial charge < -0.3 is 0 Å². The van der Waals surface area contributed by atoms with Crippen molar-refractivity contribution >= 4 is 6.08 Å². The summed E-state index contributed by atoms with van der Waals surface area (Å²) in [5.74, 6) is 0. The molecule has 0 unspecified atom stereocenters. The molecule has 2 rings (SSSR count). The Morgan fingerprint density at radius 1 is 1.30 bits per heavy atom. The third kappa shape index (κ3) is 0.778. The van der Waals surface area contributed by atoms with Crippen LogP contribution in [0.1, 0.15) is 0 Å². The Bertz CT molecular complexity index is 306. The van der Waals surface area contributed by atoms with E-state index in [-0.39, 0.29) is 0 Å². The monoisotopic (exact) mass is 133 g/mol. The van der Waals surface area contributed by atoms with Gasteiger partial charge in [-0.3, -0.25) is 0 Å². The number of hydrogen-bond donors (Lipinski definition) is 2. The van der Waals surface area contributed by atoms with Gasteiger partial charge in [0.25, 0.3) is 0 Å². The van der Waals surface area contributed by atoms with Crippen molar-refractivity contribution in [2.45, 2.75) is 0 Å². The van der Waals surface area contributed by atoms with Crippen molar-refractivity contribution in [3.8, 4) is 0 Å². The van der Waals surface area contributed by atoms with Crippen molar-refractivity contribution in [2.75, 3.05) is 6.54 Å². The second-order valence-electron chi connectivity index (χ2n) is 2.30. The Balaban J connectivity index is 2.84. The molecule has 2 nitrogen and oxygen atoms in total. The molecule has 2 heteroatoms. The van der Waals surface area contributed by atoms with E-state index in [1.165, 1.54) is 5.22 Å². The van der Waals surface area contributed by atoms with Gasteiger partial charge in [-0.25, -0.2) is 0 Å². The topological polar surface area (TPSA) is 26.0 Å². The fourth-order valence-corrected chi connectivity index (χ4v) is 1.10. The van der Waals surface area contributed by atoms with Crippen LogP contribution in [0.2, 0.25) is 0 Å². The molecule has 2 N–H and O–H groups in total. The molecule has 1 aliphatic rings. The van der Waals surface area contributed by atoms with Crippen LogP contribution in [0.4, 0.5) is 0 Å². The summed E-state index contributed by atoms with van der Waals surface area (Å²) in [5.41, 5.74) is 3.04. The highest BCUT2D eigenvalue weighted by Crippen LogP contribution is 1.69. The molecule has 0 spiro atoms. The standard InChI is InChI=1S/C8H8N2/c1-2-4-8-7(3-1)5-6-9-10-8/h1-5,9H,6H2/p+1. The first-order valence-corrected chi connectivity index (χ1v) is 3.38. The van der Waals surface area contributed by atoms with E-state index in [2.05, 4.69) is 28.7 Å². The van der Waals surface area contributed by atoms with Gasteiger partial charge in [-0.05, 0) is 12.1 Å². The van der Waals surface area contributed by atoms with Gasteiger partial charge in [-0.2, -0.15) is 5.43 Å². The fourth-order valence-electron chi connectivity index (χ4n) is 1.10. The second-order valence-corrected chi connectivity index (χ2v) is 2.30. The van der Waals surface area contributed by atoms with E-state index in [9.17, 15) is 0 Å². The maximum Gasteiger partial charge on any atom is 0.233 e. The van der Waals surface area contributed by atoms with Crippen LogP contribution >= 0.6 is 0 Å². The number of rotatable bonds is 0. The maximum absolute atomic E-state index is 3.08. The Kier molecular flexibility index (Phi) is 1.17. The van der Waals surface area contributed by atoms with Gasteiger partial charge in [0.1, 0.15) is 0 Å². The van der Waals surface area contributed by atoms with Crippen LogP contribution in [0.25, 0.3) is 6.08 Å². The van der Waals surface area contributed by atoms with E-state index < -0.39 is 0 Å². The summed E-state index contributed by atoms with van der Waals surface area (Å²) >= 11 is 0. The summed E-state index contributed by atoms with van der Waals surface area (Å²) in [6.07, 6.45) is 2.16. The summed E-state index contributed by atoms with van der Waals surface area (Å²) in [6.45, 7) is 0.900. The molecule has 0 amide bonds. The van der Waals surface area contributed by atoms with Crippen molar-refractivity contribution in [1.82, 2.24) is 5.43 Å². The molecule has 0 fully saturated rings. The minimum Gasteiger partial charge on any atom is -0.196 e. The van der Waals surface area contributed by atoms with E-state index in [0.29, 0.717) is 0 Å². The lowest BCUT2D eigenvalue weighted by molar-refractivity contribution is -0.566. The number of hydrazine groups is 1. The largest absolute Gasteiger partial charge is 0.233 e. The van der Waals surface area contributed by atoms with Gasteiger partial charge >= 0.3 is 0 Å². The van der Waals surface area contributed by atoms with Gasteiger partial charge in [0.05, 0.1) is 6.54 Å². The first-order chi connectivity index (χ1) is 4.97. The number of benzene rings is 1. The van der Waals surface area contributed by atoms with E-state index in [4.69, 9.17) is 0 Å². The predicted octanol–water partition coefficient (Wildman–Crippen LogP) is -2.31. The van der Waals surface area contributed by atoms with Crippen LogP contribution < -0.4 is 21.1 Å². The molecule has 50 valence electrons. The highest BCUT2D eigenvalue weighted by molar-refractivity contribution is 5.24. The van der Waals surface area contributed by atoms with Crippen molar-refractivity contribution in [1.29, 1.82) is 0 Å². The van der Waals surface area contributed by atoms with Crippen LogP contribution in [0.5, 0.6) is 0 Å². The van der Waals surface area contributed by atoms with E-state index in [1.54, 1.807) is 0 Å². The molecule has 0 atom stereocenters. The average Bonchev–Trinajstić information content (AvgIpc) is 2.05. The lowest BCUT2D eigenvalue weighted by atomic mass is 10.2. The van der Waals surface area contributed by atoms with Gasteiger partial charge in [-0.1, -0.05) is 12.1 Å². The van der Waals surface area contributed by atoms with E-state index >= 15 is 0 Å². The molecule has 0 radical (unpaired) electrons. The molecule has 0 aromatic heterocycles.